The lowest BCUT2D eigenvalue weighted by Crippen LogP contribution is -2.49. The topological polar surface area (TPSA) is 32.8 Å². The van der Waals surface area contributed by atoms with Gasteiger partial charge in [0, 0.05) is 32.7 Å². The molecule has 0 spiro atoms. The smallest absolute Gasteiger partial charge is 0.410 e. The van der Waals surface area contributed by atoms with Crippen molar-refractivity contribution in [3.63, 3.8) is 0 Å². The molecule has 0 aromatic heterocycles. The summed E-state index contributed by atoms with van der Waals surface area (Å²) in [5.74, 6) is -0.208. The summed E-state index contributed by atoms with van der Waals surface area (Å²) in [6.07, 6.45) is -0.257. The van der Waals surface area contributed by atoms with Gasteiger partial charge in [0.15, 0.2) is 0 Å². The van der Waals surface area contributed by atoms with Crippen LogP contribution in [0.15, 0.2) is 24.3 Å². The maximum Gasteiger partial charge on any atom is 0.410 e. The van der Waals surface area contributed by atoms with E-state index in [1.807, 2.05) is 26.8 Å². The van der Waals surface area contributed by atoms with Gasteiger partial charge in [-0.3, -0.25) is 4.90 Å². The van der Waals surface area contributed by atoms with E-state index in [1.165, 1.54) is 6.07 Å². The molecule has 1 saturated heterocycles. The van der Waals surface area contributed by atoms with E-state index in [-0.39, 0.29) is 11.9 Å². The van der Waals surface area contributed by atoms with Gasteiger partial charge in [-0.2, -0.15) is 0 Å². The molecule has 0 radical (unpaired) electrons. The first-order chi connectivity index (χ1) is 9.83. The molecule has 21 heavy (non-hydrogen) atoms. The molecule has 2 rings (SSSR count). The molecule has 1 aliphatic rings. The molecule has 116 valence electrons. The summed E-state index contributed by atoms with van der Waals surface area (Å²) in [6, 6.07) is 6.65. The second-order valence-corrected chi connectivity index (χ2v) is 6.37. The average Bonchev–Trinajstić information content (AvgIpc) is 2.37. The molecule has 4 nitrogen and oxygen atoms in total. The van der Waals surface area contributed by atoms with Crippen molar-refractivity contribution in [2.75, 3.05) is 26.2 Å². The number of amides is 1. The fourth-order valence-electron chi connectivity index (χ4n) is 2.31. The first-order valence-corrected chi connectivity index (χ1v) is 7.28. The van der Waals surface area contributed by atoms with Gasteiger partial charge in [0.05, 0.1) is 0 Å². The Bertz CT molecular complexity index is 491. The quantitative estimate of drug-likeness (QED) is 0.841. The number of nitrogens with zero attached hydrogens (tertiary/aromatic N) is 2. The molecule has 1 fully saturated rings. The van der Waals surface area contributed by atoms with Crippen molar-refractivity contribution in [2.24, 2.45) is 0 Å². The van der Waals surface area contributed by atoms with Crippen LogP contribution >= 0.6 is 0 Å². The van der Waals surface area contributed by atoms with Crippen LogP contribution < -0.4 is 0 Å². The molecule has 0 bridgehead atoms. The molecule has 1 aromatic rings. The third-order valence-corrected chi connectivity index (χ3v) is 3.32. The van der Waals surface area contributed by atoms with Gasteiger partial charge in [0.1, 0.15) is 11.4 Å². The number of hydrogen-bond donors (Lipinski definition) is 0. The molecule has 1 aromatic carbocycles. The highest BCUT2D eigenvalue weighted by atomic mass is 19.1. The maximum atomic E-state index is 13.2. The van der Waals surface area contributed by atoms with Gasteiger partial charge in [-0.05, 0) is 38.5 Å². The molecule has 1 heterocycles. The number of hydrogen-bond acceptors (Lipinski definition) is 3. The van der Waals surface area contributed by atoms with E-state index in [0.29, 0.717) is 19.6 Å². The fourth-order valence-corrected chi connectivity index (χ4v) is 2.31. The van der Waals surface area contributed by atoms with Crippen LogP contribution in [0.4, 0.5) is 9.18 Å². The van der Waals surface area contributed by atoms with Gasteiger partial charge in [0.2, 0.25) is 0 Å². The molecular weight excluding hydrogens is 271 g/mol. The number of piperazine rings is 1. The molecule has 1 amide bonds. The van der Waals surface area contributed by atoms with Crippen LogP contribution in [0.5, 0.6) is 0 Å². The summed E-state index contributed by atoms with van der Waals surface area (Å²) >= 11 is 0. The van der Waals surface area contributed by atoms with Crippen molar-refractivity contribution in [1.29, 1.82) is 0 Å². The minimum atomic E-state index is -0.463. The molecule has 0 unspecified atom stereocenters. The summed E-state index contributed by atoms with van der Waals surface area (Å²) in [4.78, 5) is 15.9. The second kappa shape index (κ2) is 6.43. The van der Waals surface area contributed by atoms with Gasteiger partial charge >= 0.3 is 6.09 Å². The molecule has 0 N–H and O–H groups in total. The van der Waals surface area contributed by atoms with E-state index >= 15 is 0 Å². The lowest BCUT2D eigenvalue weighted by atomic mass is 10.2. The van der Waals surface area contributed by atoms with Gasteiger partial charge in [-0.25, -0.2) is 9.18 Å². The first-order valence-electron chi connectivity index (χ1n) is 7.28. The molecule has 0 saturated carbocycles. The summed E-state index contributed by atoms with van der Waals surface area (Å²) in [7, 11) is 0. The highest BCUT2D eigenvalue weighted by Crippen LogP contribution is 2.13. The van der Waals surface area contributed by atoms with Gasteiger partial charge in [-0.1, -0.05) is 12.1 Å². The van der Waals surface area contributed by atoms with Crippen LogP contribution in [-0.2, 0) is 11.3 Å². The van der Waals surface area contributed by atoms with Gasteiger partial charge in [0.25, 0.3) is 0 Å². The number of ether oxygens (including phenoxy) is 1. The summed E-state index contributed by atoms with van der Waals surface area (Å²) < 4.78 is 18.5. The van der Waals surface area contributed by atoms with Gasteiger partial charge in [-0.15, -0.1) is 0 Å². The Kier molecular flexibility index (Phi) is 4.83. The van der Waals surface area contributed by atoms with E-state index in [2.05, 4.69) is 4.90 Å². The third-order valence-electron chi connectivity index (χ3n) is 3.32. The number of carbonyl (C=O) groups excluding carboxylic acids is 1. The van der Waals surface area contributed by atoms with E-state index in [4.69, 9.17) is 4.74 Å². The van der Waals surface area contributed by atoms with E-state index < -0.39 is 5.60 Å². The van der Waals surface area contributed by atoms with Gasteiger partial charge < -0.3 is 9.64 Å². The monoisotopic (exact) mass is 294 g/mol. The van der Waals surface area contributed by atoms with Crippen molar-refractivity contribution >= 4 is 6.09 Å². The second-order valence-electron chi connectivity index (χ2n) is 6.37. The summed E-state index contributed by atoms with van der Waals surface area (Å²) in [5, 5.41) is 0. The van der Waals surface area contributed by atoms with Crippen molar-refractivity contribution in [1.82, 2.24) is 9.80 Å². The van der Waals surface area contributed by atoms with Crippen LogP contribution in [0.1, 0.15) is 26.3 Å². The van der Waals surface area contributed by atoms with Crippen molar-refractivity contribution in [3.8, 4) is 0 Å². The predicted octanol–water partition coefficient (Wildman–Crippen LogP) is 2.88. The Labute approximate surface area is 125 Å². The van der Waals surface area contributed by atoms with Crippen LogP contribution in [-0.4, -0.2) is 47.7 Å². The van der Waals surface area contributed by atoms with E-state index in [1.54, 1.807) is 17.0 Å². The Morgan fingerprint density at radius 2 is 1.90 bits per heavy atom. The van der Waals surface area contributed by atoms with E-state index in [9.17, 15) is 9.18 Å². The molecular formula is C16H23FN2O2. The van der Waals surface area contributed by atoms with Crippen LogP contribution in [0.2, 0.25) is 0 Å². The number of halogens is 1. The molecule has 0 aliphatic carbocycles. The minimum Gasteiger partial charge on any atom is -0.444 e. The zero-order valence-corrected chi connectivity index (χ0v) is 12.9. The molecule has 0 atom stereocenters. The van der Waals surface area contributed by atoms with Crippen LogP contribution in [0.3, 0.4) is 0 Å². The largest absolute Gasteiger partial charge is 0.444 e. The third kappa shape index (κ3) is 5.01. The zero-order valence-electron chi connectivity index (χ0n) is 12.9. The number of carbonyl (C=O) groups is 1. The lowest BCUT2D eigenvalue weighted by Gasteiger charge is -2.35. The summed E-state index contributed by atoms with van der Waals surface area (Å²) in [6.45, 7) is 9.14. The van der Waals surface area contributed by atoms with Crippen molar-refractivity contribution in [3.05, 3.63) is 35.6 Å². The average molecular weight is 294 g/mol. The standard InChI is InChI=1S/C16H23FN2O2/c1-16(2,3)21-15(20)19-9-7-18(8-10-19)12-13-5-4-6-14(17)11-13/h4-6,11H,7-10,12H2,1-3H3. The Balaban J connectivity index is 1.82. The minimum absolute atomic E-state index is 0.208. The first kappa shape index (κ1) is 15.8. The van der Waals surface area contributed by atoms with E-state index in [0.717, 1.165) is 18.7 Å². The highest BCUT2D eigenvalue weighted by Gasteiger charge is 2.25. The number of benzene rings is 1. The van der Waals surface area contributed by atoms with Crippen LogP contribution in [0.25, 0.3) is 0 Å². The SMILES string of the molecule is CC(C)(C)OC(=O)N1CCN(Cc2cccc(F)c2)CC1. The van der Waals surface area contributed by atoms with Crippen molar-refractivity contribution in [2.45, 2.75) is 32.9 Å². The predicted molar refractivity (Wildman–Crippen MR) is 79.5 cm³/mol. The van der Waals surface area contributed by atoms with Crippen LogP contribution in [0, 0.1) is 5.82 Å². The Morgan fingerprint density at radius 1 is 1.24 bits per heavy atom. The highest BCUT2D eigenvalue weighted by molar-refractivity contribution is 5.68. The van der Waals surface area contributed by atoms with Crippen molar-refractivity contribution < 1.29 is 13.9 Å². The Hall–Kier alpha value is -1.62. The lowest BCUT2D eigenvalue weighted by molar-refractivity contribution is 0.0139. The Morgan fingerprint density at radius 3 is 2.48 bits per heavy atom. The maximum absolute atomic E-state index is 13.2. The normalized spacial score (nSPS) is 16.9. The summed E-state index contributed by atoms with van der Waals surface area (Å²) in [5.41, 5.74) is 0.496. The fraction of sp³-hybridized carbons (Fsp3) is 0.562. The zero-order chi connectivity index (χ0) is 15.5. The molecule has 5 heteroatoms. The number of rotatable bonds is 2. The molecule has 1 aliphatic heterocycles.